The number of hydrogen-bond acceptors (Lipinski definition) is 3. The summed E-state index contributed by atoms with van der Waals surface area (Å²) in [6.45, 7) is 1.78. The van der Waals surface area contributed by atoms with Gasteiger partial charge in [-0.2, -0.15) is 4.31 Å². The van der Waals surface area contributed by atoms with E-state index in [4.69, 9.17) is 0 Å². The first-order valence-electron chi connectivity index (χ1n) is 9.42. The Morgan fingerprint density at radius 2 is 1.45 bits per heavy atom. The molecule has 3 aromatic carbocycles. The Kier molecular flexibility index (Phi) is 4.98. The summed E-state index contributed by atoms with van der Waals surface area (Å²) in [5.74, 6) is -0.487. The molecule has 0 spiro atoms. The number of fused-ring (bicyclic) bond motifs is 1. The van der Waals surface area contributed by atoms with Crippen molar-refractivity contribution in [1.82, 2.24) is 4.31 Å². The molecular formula is C23H22N2O3S. The van der Waals surface area contributed by atoms with E-state index in [2.05, 4.69) is 5.32 Å². The highest BCUT2D eigenvalue weighted by Crippen LogP contribution is 2.36. The maximum atomic E-state index is 13.5. The molecule has 0 aliphatic carbocycles. The third-order valence-corrected chi connectivity index (χ3v) is 7.23. The van der Waals surface area contributed by atoms with E-state index in [1.165, 1.54) is 4.31 Å². The number of hydrogen-bond donors (Lipinski definition) is 1. The second-order valence-electron chi connectivity index (χ2n) is 7.21. The zero-order chi connectivity index (χ0) is 20.6. The molecule has 0 unspecified atom stereocenters. The number of amides is 1. The number of nitrogens with zero attached hydrogens (tertiary/aromatic N) is 1. The summed E-state index contributed by atoms with van der Waals surface area (Å²) in [5.41, 5.74) is 3.15. The average Bonchev–Trinajstić information content (AvgIpc) is 3.03. The minimum atomic E-state index is -3.80. The van der Waals surface area contributed by atoms with Crippen LogP contribution in [-0.4, -0.2) is 25.7 Å². The van der Waals surface area contributed by atoms with Crippen LogP contribution >= 0.6 is 0 Å². The van der Waals surface area contributed by atoms with Crippen molar-refractivity contribution in [3.8, 4) is 0 Å². The zero-order valence-electron chi connectivity index (χ0n) is 16.2. The summed E-state index contributed by atoms with van der Waals surface area (Å²) in [5, 5.41) is 2.78. The topological polar surface area (TPSA) is 66.5 Å². The standard InChI is InChI=1S/C23H22N2O3S/c1-16-20-15-19(13-14-21(20)24-23(16)26)29(27,28)25(2)22(17-9-5-3-6-10-17)18-11-7-4-8-12-18/h3-16,22H,1-2H3,(H,24,26)/t16-/m0/s1. The lowest BCUT2D eigenvalue weighted by molar-refractivity contribution is -0.116. The molecule has 0 saturated heterocycles. The van der Waals surface area contributed by atoms with E-state index in [-0.39, 0.29) is 16.7 Å². The Hall–Kier alpha value is -2.96. The maximum Gasteiger partial charge on any atom is 0.243 e. The molecule has 0 saturated carbocycles. The van der Waals surface area contributed by atoms with Gasteiger partial charge in [-0.1, -0.05) is 60.7 Å². The van der Waals surface area contributed by atoms with Crippen molar-refractivity contribution in [1.29, 1.82) is 0 Å². The van der Waals surface area contributed by atoms with Gasteiger partial charge in [0.2, 0.25) is 15.9 Å². The summed E-state index contributed by atoms with van der Waals surface area (Å²) in [6.07, 6.45) is 0. The molecule has 0 aromatic heterocycles. The molecule has 1 aliphatic heterocycles. The quantitative estimate of drug-likeness (QED) is 0.692. The van der Waals surface area contributed by atoms with Gasteiger partial charge in [-0.3, -0.25) is 4.79 Å². The third kappa shape index (κ3) is 3.45. The Bertz CT molecular complexity index is 1110. The molecule has 4 rings (SSSR count). The number of sulfonamides is 1. The second kappa shape index (κ2) is 7.46. The van der Waals surface area contributed by atoms with Gasteiger partial charge < -0.3 is 5.32 Å². The smallest absolute Gasteiger partial charge is 0.243 e. The van der Waals surface area contributed by atoms with Crippen molar-refractivity contribution in [2.24, 2.45) is 0 Å². The van der Waals surface area contributed by atoms with Crippen LogP contribution in [0.1, 0.15) is 35.6 Å². The molecule has 1 heterocycles. The first-order chi connectivity index (χ1) is 13.9. The number of anilines is 1. The first kappa shape index (κ1) is 19.4. The van der Waals surface area contributed by atoms with Gasteiger partial charge in [0.15, 0.2) is 0 Å². The SMILES string of the molecule is C[C@@H]1C(=O)Nc2ccc(S(=O)(=O)N(C)C(c3ccccc3)c3ccccc3)cc21. The van der Waals surface area contributed by atoms with Gasteiger partial charge in [-0.15, -0.1) is 0 Å². The molecule has 0 bridgehead atoms. The van der Waals surface area contributed by atoms with E-state index in [0.717, 1.165) is 11.1 Å². The van der Waals surface area contributed by atoms with Crippen molar-refractivity contribution in [3.63, 3.8) is 0 Å². The number of carbonyl (C=O) groups excluding carboxylic acids is 1. The fourth-order valence-electron chi connectivity index (χ4n) is 3.74. The van der Waals surface area contributed by atoms with Gasteiger partial charge in [0.05, 0.1) is 16.9 Å². The Morgan fingerprint density at radius 1 is 0.897 bits per heavy atom. The molecule has 0 fully saturated rings. The van der Waals surface area contributed by atoms with E-state index >= 15 is 0 Å². The monoisotopic (exact) mass is 406 g/mol. The minimum absolute atomic E-state index is 0.116. The Labute approximate surface area is 171 Å². The van der Waals surface area contributed by atoms with Crippen LogP contribution in [0.3, 0.4) is 0 Å². The number of benzene rings is 3. The lowest BCUT2D eigenvalue weighted by atomic mass is 9.99. The van der Waals surface area contributed by atoms with Gasteiger partial charge in [-0.05, 0) is 41.8 Å². The van der Waals surface area contributed by atoms with E-state index < -0.39 is 16.1 Å². The van der Waals surface area contributed by atoms with Crippen molar-refractivity contribution in [3.05, 3.63) is 95.6 Å². The molecule has 1 amide bonds. The van der Waals surface area contributed by atoms with Crippen LogP contribution < -0.4 is 5.32 Å². The lowest BCUT2D eigenvalue weighted by Crippen LogP contribution is -2.32. The summed E-state index contributed by atoms with van der Waals surface area (Å²) in [7, 11) is -2.21. The summed E-state index contributed by atoms with van der Waals surface area (Å²) < 4.78 is 28.5. The highest BCUT2D eigenvalue weighted by molar-refractivity contribution is 7.89. The predicted molar refractivity (Wildman–Crippen MR) is 113 cm³/mol. The van der Waals surface area contributed by atoms with E-state index in [0.29, 0.717) is 11.3 Å². The normalized spacial score (nSPS) is 16.1. The van der Waals surface area contributed by atoms with Crippen LogP contribution in [0.5, 0.6) is 0 Å². The summed E-state index contributed by atoms with van der Waals surface area (Å²) in [4.78, 5) is 12.1. The zero-order valence-corrected chi connectivity index (χ0v) is 17.1. The predicted octanol–water partition coefficient (Wildman–Crippen LogP) is 4.15. The maximum absolute atomic E-state index is 13.5. The van der Waals surface area contributed by atoms with Crippen LogP contribution in [0, 0.1) is 0 Å². The average molecular weight is 407 g/mol. The number of carbonyl (C=O) groups is 1. The molecule has 1 aliphatic rings. The van der Waals surface area contributed by atoms with Gasteiger partial charge in [-0.25, -0.2) is 8.42 Å². The van der Waals surface area contributed by atoms with Gasteiger partial charge in [0, 0.05) is 12.7 Å². The third-order valence-electron chi connectivity index (χ3n) is 5.41. The van der Waals surface area contributed by atoms with Gasteiger partial charge >= 0.3 is 0 Å². The van der Waals surface area contributed by atoms with Crippen LogP contribution in [0.25, 0.3) is 0 Å². The molecule has 5 nitrogen and oxygen atoms in total. The molecular weight excluding hydrogens is 384 g/mol. The second-order valence-corrected chi connectivity index (χ2v) is 9.20. The van der Waals surface area contributed by atoms with Crippen LogP contribution in [-0.2, 0) is 14.8 Å². The number of rotatable bonds is 5. The highest BCUT2D eigenvalue weighted by atomic mass is 32.2. The molecule has 1 N–H and O–H groups in total. The van der Waals surface area contributed by atoms with Crippen molar-refractivity contribution >= 4 is 21.6 Å². The minimum Gasteiger partial charge on any atom is -0.325 e. The van der Waals surface area contributed by atoms with E-state index in [1.807, 2.05) is 60.7 Å². The van der Waals surface area contributed by atoms with Gasteiger partial charge in [0.25, 0.3) is 0 Å². The highest BCUT2D eigenvalue weighted by Gasteiger charge is 2.33. The molecule has 6 heteroatoms. The lowest BCUT2D eigenvalue weighted by Gasteiger charge is -2.28. The Balaban J connectivity index is 1.78. The molecule has 3 aromatic rings. The summed E-state index contributed by atoms with van der Waals surface area (Å²) in [6, 6.07) is 23.5. The van der Waals surface area contributed by atoms with E-state index in [9.17, 15) is 13.2 Å². The van der Waals surface area contributed by atoms with Crippen LogP contribution in [0.2, 0.25) is 0 Å². The molecule has 148 valence electrons. The van der Waals surface area contributed by atoms with Crippen molar-refractivity contribution in [2.75, 3.05) is 12.4 Å². The molecule has 1 atom stereocenters. The van der Waals surface area contributed by atoms with E-state index in [1.54, 1.807) is 32.2 Å². The Morgan fingerprint density at radius 3 is 2.00 bits per heavy atom. The first-order valence-corrected chi connectivity index (χ1v) is 10.9. The number of nitrogens with one attached hydrogen (secondary N) is 1. The fourth-order valence-corrected chi connectivity index (χ4v) is 5.11. The van der Waals surface area contributed by atoms with Gasteiger partial charge in [0.1, 0.15) is 0 Å². The fraction of sp³-hybridized carbons (Fsp3) is 0.174. The molecule has 29 heavy (non-hydrogen) atoms. The largest absolute Gasteiger partial charge is 0.325 e. The summed E-state index contributed by atoms with van der Waals surface area (Å²) >= 11 is 0. The van der Waals surface area contributed by atoms with Crippen molar-refractivity contribution in [2.45, 2.75) is 23.8 Å². The van der Waals surface area contributed by atoms with Crippen LogP contribution in [0.4, 0.5) is 5.69 Å². The van der Waals surface area contributed by atoms with Crippen molar-refractivity contribution < 1.29 is 13.2 Å². The molecule has 0 radical (unpaired) electrons. The van der Waals surface area contributed by atoms with Crippen LogP contribution in [0.15, 0.2) is 83.8 Å².